The smallest absolute Gasteiger partial charge is 0.371 e. The van der Waals surface area contributed by atoms with Gasteiger partial charge in [-0.15, -0.1) is 0 Å². The monoisotopic (exact) mass is 451 g/mol. The molecular formula is C12H8Br3NO3. The number of benzene rings is 1. The molecule has 0 saturated carbocycles. The first-order valence-electron chi connectivity index (χ1n) is 5.18. The van der Waals surface area contributed by atoms with Gasteiger partial charge in [0.1, 0.15) is 5.76 Å². The lowest BCUT2D eigenvalue weighted by molar-refractivity contribution is 0.0660. The Morgan fingerprint density at radius 2 is 1.84 bits per heavy atom. The number of carboxylic acid groups (broad SMARTS) is 1. The molecule has 100 valence electrons. The summed E-state index contributed by atoms with van der Waals surface area (Å²) in [6.07, 6.45) is 0. The Morgan fingerprint density at radius 1 is 1.21 bits per heavy atom. The standard InChI is InChI=1S/C12H8Br3NO3/c13-6-3-8(14)11(9(15)4-6)16-5-7-1-2-10(19-7)12(17)18/h1-4,16H,5H2,(H,17,18). The van der Waals surface area contributed by atoms with Gasteiger partial charge in [-0.25, -0.2) is 4.79 Å². The third-order valence-electron chi connectivity index (χ3n) is 2.32. The molecule has 0 aliphatic carbocycles. The minimum atomic E-state index is -1.07. The molecule has 0 unspecified atom stereocenters. The maximum atomic E-state index is 10.7. The number of carbonyl (C=O) groups is 1. The first kappa shape index (κ1) is 14.6. The van der Waals surface area contributed by atoms with Gasteiger partial charge in [-0.2, -0.15) is 0 Å². The van der Waals surface area contributed by atoms with Gasteiger partial charge in [0, 0.05) is 13.4 Å². The quantitative estimate of drug-likeness (QED) is 0.692. The number of carboxylic acids is 1. The van der Waals surface area contributed by atoms with E-state index < -0.39 is 5.97 Å². The topological polar surface area (TPSA) is 62.5 Å². The Labute approximate surface area is 134 Å². The van der Waals surface area contributed by atoms with Crippen LogP contribution in [0.15, 0.2) is 42.1 Å². The summed E-state index contributed by atoms with van der Waals surface area (Å²) in [5.41, 5.74) is 0.872. The van der Waals surface area contributed by atoms with Crippen LogP contribution in [0.5, 0.6) is 0 Å². The predicted octanol–water partition coefficient (Wildman–Crippen LogP) is 4.88. The number of furan rings is 1. The molecule has 19 heavy (non-hydrogen) atoms. The van der Waals surface area contributed by atoms with E-state index >= 15 is 0 Å². The summed E-state index contributed by atoms with van der Waals surface area (Å²) in [4.78, 5) is 10.7. The van der Waals surface area contributed by atoms with E-state index in [1.54, 1.807) is 6.07 Å². The molecule has 1 aromatic carbocycles. The van der Waals surface area contributed by atoms with E-state index in [9.17, 15) is 4.79 Å². The minimum Gasteiger partial charge on any atom is -0.475 e. The van der Waals surface area contributed by atoms with Gasteiger partial charge in [-0.3, -0.25) is 0 Å². The number of halogens is 3. The van der Waals surface area contributed by atoms with Gasteiger partial charge >= 0.3 is 5.97 Å². The van der Waals surface area contributed by atoms with Crippen LogP contribution >= 0.6 is 47.8 Å². The van der Waals surface area contributed by atoms with Crippen molar-refractivity contribution >= 4 is 59.4 Å². The van der Waals surface area contributed by atoms with E-state index in [-0.39, 0.29) is 5.76 Å². The lowest BCUT2D eigenvalue weighted by Gasteiger charge is -2.10. The molecule has 0 saturated heterocycles. The highest BCUT2D eigenvalue weighted by Gasteiger charge is 2.10. The summed E-state index contributed by atoms with van der Waals surface area (Å²) >= 11 is 10.3. The van der Waals surface area contributed by atoms with E-state index in [2.05, 4.69) is 53.1 Å². The number of hydrogen-bond donors (Lipinski definition) is 2. The normalized spacial score (nSPS) is 10.5. The molecule has 1 aromatic heterocycles. The Balaban J connectivity index is 2.12. The molecule has 2 aromatic rings. The molecule has 0 atom stereocenters. The summed E-state index contributed by atoms with van der Waals surface area (Å²) < 4.78 is 7.89. The van der Waals surface area contributed by atoms with Crippen molar-refractivity contribution in [3.05, 3.63) is 49.2 Å². The van der Waals surface area contributed by atoms with Gasteiger partial charge < -0.3 is 14.8 Å². The summed E-state index contributed by atoms with van der Waals surface area (Å²) in [6.45, 7) is 0.395. The van der Waals surface area contributed by atoms with Crippen LogP contribution in [-0.2, 0) is 6.54 Å². The van der Waals surface area contributed by atoms with Crippen molar-refractivity contribution in [2.45, 2.75) is 6.54 Å². The molecule has 7 heteroatoms. The molecule has 0 aliphatic heterocycles. The first-order chi connectivity index (χ1) is 8.97. The zero-order valence-electron chi connectivity index (χ0n) is 9.41. The average molecular weight is 454 g/mol. The highest BCUT2D eigenvalue weighted by atomic mass is 79.9. The van der Waals surface area contributed by atoms with Crippen LogP contribution in [0.2, 0.25) is 0 Å². The van der Waals surface area contributed by atoms with Crippen LogP contribution in [0.3, 0.4) is 0 Å². The second-order valence-corrected chi connectivity index (χ2v) is 6.29. The van der Waals surface area contributed by atoms with Crippen LogP contribution in [0.1, 0.15) is 16.3 Å². The van der Waals surface area contributed by atoms with Crippen LogP contribution in [0.25, 0.3) is 0 Å². The fourth-order valence-electron chi connectivity index (χ4n) is 1.47. The molecule has 0 spiro atoms. The highest BCUT2D eigenvalue weighted by Crippen LogP contribution is 2.34. The maximum absolute atomic E-state index is 10.7. The van der Waals surface area contributed by atoms with Crippen molar-refractivity contribution < 1.29 is 14.3 Å². The number of rotatable bonds is 4. The van der Waals surface area contributed by atoms with Crippen molar-refractivity contribution in [2.75, 3.05) is 5.32 Å². The molecule has 0 aliphatic rings. The van der Waals surface area contributed by atoms with Crippen molar-refractivity contribution in [2.24, 2.45) is 0 Å². The molecule has 2 rings (SSSR count). The lowest BCUT2D eigenvalue weighted by atomic mass is 10.3. The zero-order chi connectivity index (χ0) is 14.0. The number of hydrogen-bond acceptors (Lipinski definition) is 3. The largest absolute Gasteiger partial charge is 0.475 e. The molecular weight excluding hydrogens is 446 g/mol. The van der Waals surface area contributed by atoms with Crippen LogP contribution in [0, 0.1) is 0 Å². The molecule has 1 heterocycles. The van der Waals surface area contributed by atoms with Gasteiger partial charge in [0.2, 0.25) is 5.76 Å². The Kier molecular flexibility index (Phi) is 4.70. The van der Waals surface area contributed by atoms with Gasteiger partial charge in [0.25, 0.3) is 0 Å². The predicted molar refractivity (Wildman–Crippen MR) is 82.5 cm³/mol. The SMILES string of the molecule is O=C(O)c1ccc(CNc2c(Br)cc(Br)cc2Br)o1. The van der Waals surface area contributed by atoms with Crippen LogP contribution in [0.4, 0.5) is 5.69 Å². The van der Waals surface area contributed by atoms with Crippen molar-refractivity contribution in [1.82, 2.24) is 0 Å². The van der Waals surface area contributed by atoms with Crippen molar-refractivity contribution in [3.8, 4) is 0 Å². The summed E-state index contributed by atoms with van der Waals surface area (Å²) in [5.74, 6) is -0.581. The van der Waals surface area contributed by atoms with Gasteiger partial charge in [0.15, 0.2) is 0 Å². The molecule has 0 bridgehead atoms. The molecule has 0 fully saturated rings. The summed E-state index contributed by atoms with van der Waals surface area (Å²) in [5, 5.41) is 11.9. The number of aromatic carboxylic acids is 1. The van der Waals surface area contributed by atoms with Crippen LogP contribution < -0.4 is 5.32 Å². The third-order valence-corrected chi connectivity index (χ3v) is 4.03. The molecule has 2 N–H and O–H groups in total. The van der Waals surface area contributed by atoms with Crippen molar-refractivity contribution in [3.63, 3.8) is 0 Å². The zero-order valence-corrected chi connectivity index (χ0v) is 14.2. The fraction of sp³-hybridized carbons (Fsp3) is 0.0833. The first-order valence-corrected chi connectivity index (χ1v) is 7.55. The maximum Gasteiger partial charge on any atom is 0.371 e. The van der Waals surface area contributed by atoms with Crippen molar-refractivity contribution in [1.29, 1.82) is 0 Å². The Bertz CT molecular complexity index is 601. The average Bonchev–Trinajstić information content (AvgIpc) is 2.76. The Morgan fingerprint density at radius 3 is 2.37 bits per heavy atom. The number of anilines is 1. The molecule has 0 amide bonds. The second-order valence-electron chi connectivity index (χ2n) is 3.67. The van der Waals surface area contributed by atoms with E-state index in [4.69, 9.17) is 9.52 Å². The second kappa shape index (κ2) is 6.11. The minimum absolute atomic E-state index is 0.0641. The van der Waals surface area contributed by atoms with E-state index in [1.807, 2.05) is 12.1 Å². The summed E-state index contributed by atoms with van der Waals surface area (Å²) in [7, 11) is 0. The van der Waals surface area contributed by atoms with Gasteiger partial charge in [-0.05, 0) is 56.1 Å². The highest BCUT2D eigenvalue weighted by molar-refractivity contribution is 9.11. The van der Waals surface area contributed by atoms with E-state index in [0.717, 1.165) is 19.1 Å². The molecule has 0 radical (unpaired) electrons. The fourth-order valence-corrected chi connectivity index (χ4v) is 4.01. The Hall–Kier alpha value is -0.790. The lowest BCUT2D eigenvalue weighted by Crippen LogP contribution is -2.00. The van der Waals surface area contributed by atoms with Gasteiger partial charge in [0.05, 0.1) is 12.2 Å². The van der Waals surface area contributed by atoms with Gasteiger partial charge in [-0.1, -0.05) is 15.9 Å². The van der Waals surface area contributed by atoms with E-state index in [0.29, 0.717) is 12.3 Å². The van der Waals surface area contributed by atoms with E-state index in [1.165, 1.54) is 6.07 Å². The number of nitrogens with one attached hydrogen (secondary N) is 1. The van der Waals surface area contributed by atoms with Crippen LogP contribution in [-0.4, -0.2) is 11.1 Å². The molecule has 4 nitrogen and oxygen atoms in total. The summed E-state index contributed by atoms with van der Waals surface area (Å²) in [6, 6.07) is 6.90. The third kappa shape index (κ3) is 3.61.